The molecule has 0 bridgehead atoms. The lowest BCUT2D eigenvalue weighted by Crippen LogP contribution is -2.48. The molecule has 23 heavy (non-hydrogen) atoms. The van der Waals surface area contributed by atoms with Crippen LogP contribution in [0.15, 0.2) is 18.2 Å². The summed E-state index contributed by atoms with van der Waals surface area (Å²) in [6.07, 6.45) is 0.882. The van der Waals surface area contributed by atoms with Crippen molar-refractivity contribution in [3.8, 4) is 0 Å². The molecular formula is C17H23Cl2FN2O. The number of benzene rings is 1. The summed E-state index contributed by atoms with van der Waals surface area (Å²) in [5.74, 6) is 0.227. The number of carbonyl (C=O) groups excluding carboxylic acids is 1. The van der Waals surface area contributed by atoms with E-state index in [1.807, 2.05) is 0 Å². The number of rotatable bonds is 5. The predicted octanol–water partition coefficient (Wildman–Crippen LogP) is 4.18. The van der Waals surface area contributed by atoms with Crippen LogP contribution in [0.2, 0.25) is 10.0 Å². The van der Waals surface area contributed by atoms with Gasteiger partial charge in [0, 0.05) is 35.2 Å². The highest BCUT2D eigenvalue weighted by Gasteiger charge is 2.34. The Bertz CT molecular complexity index is 537. The van der Waals surface area contributed by atoms with Gasteiger partial charge in [0.05, 0.1) is 6.54 Å². The van der Waals surface area contributed by atoms with E-state index in [2.05, 4.69) is 24.1 Å². The number of hydrogen-bond donors (Lipinski definition) is 1. The zero-order valence-corrected chi connectivity index (χ0v) is 15.1. The number of halogens is 3. The Balaban J connectivity index is 1.86. The Morgan fingerprint density at radius 1 is 1.26 bits per heavy atom. The highest BCUT2D eigenvalue weighted by atomic mass is 35.5. The second kappa shape index (κ2) is 7.82. The van der Waals surface area contributed by atoms with Crippen molar-refractivity contribution < 1.29 is 9.18 Å². The van der Waals surface area contributed by atoms with Crippen LogP contribution in [0.5, 0.6) is 0 Å². The quantitative estimate of drug-likeness (QED) is 0.853. The van der Waals surface area contributed by atoms with Gasteiger partial charge in [-0.1, -0.05) is 37.0 Å². The number of amides is 1. The highest BCUT2D eigenvalue weighted by molar-refractivity contribution is 6.35. The summed E-state index contributed by atoms with van der Waals surface area (Å²) in [5, 5.41) is 3.45. The molecule has 1 heterocycles. The zero-order valence-electron chi connectivity index (χ0n) is 13.5. The molecule has 1 N–H and O–H groups in total. The molecule has 1 aliphatic heterocycles. The molecule has 1 aliphatic rings. The number of carbonyl (C=O) groups is 1. The molecule has 1 amide bonds. The van der Waals surface area contributed by atoms with Crippen molar-refractivity contribution in [1.82, 2.24) is 10.2 Å². The van der Waals surface area contributed by atoms with E-state index >= 15 is 0 Å². The topological polar surface area (TPSA) is 32.3 Å². The second-order valence-corrected chi connectivity index (χ2v) is 7.56. The van der Waals surface area contributed by atoms with E-state index in [4.69, 9.17) is 23.2 Å². The fourth-order valence-electron chi connectivity index (χ4n) is 2.86. The lowest BCUT2D eigenvalue weighted by molar-refractivity contribution is 0.0505. The van der Waals surface area contributed by atoms with Crippen LogP contribution in [0.1, 0.15) is 37.0 Å². The minimum Gasteiger partial charge on any atom is -0.349 e. The van der Waals surface area contributed by atoms with Crippen molar-refractivity contribution in [3.63, 3.8) is 0 Å². The molecule has 1 aromatic carbocycles. The van der Waals surface area contributed by atoms with E-state index in [1.54, 1.807) is 6.07 Å². The van der Waals surface area contributed by atoms with Gasteiger partial charge in [-0.25, -0.2) is 4.39 Å². The van der Waals surface area contributed by atoms with Gasteiger partial charge in [-0.2, -0.15) is 0 Å². The molecule has 1 aromatic rings. The number of nitrogens with zero attached hydrogens (tertiary/aromatic N) is 1. The summed E-state index contributed by atoms with van der Waals surface area (Å²) >= 11 is 11.8. The monoisotopic (exact) mass is 360 g/mol. The van der Waals surface area contributed by atoms with Gasteiger partial charge in [0.1, 0.15) is 5.67 Å². The summed E-state index contributed by atoms with van der Waals surface area (Å²) < 4.78 is 14.8. The van der Waals surface area contributed by atoms with Crippen LogP contribution in [-0.2, 0) is 0 Å². The highest BCUT2D eigenvalue weighted by Crippen LogP contribution is 2.26. The third-order valence-corrected chi connectivity index (χ3v) is 4.50. The first kappa shape index (κ1) is 18.5. The van der Waals surface area contributed by atoms with Crippen molar-refractivity contribution in [1.29, 1.82) is 0 Å². The lowest BCUT2D eigenvalue weighted by Gasteiger charge is -2.37. The first-order valence-corrected chi connectivity index (χ1v) is 8.68. The summed E-state index contributed by atoms with van der Waals surface area (Å²) in [7, 11) is 0. The van der Waals surface area contributed by atoms with Gasteiger partial charge in [0.15, 0.2) is 0 Å². The van der Waals surface area contributed by atoms with Crippen LogP contribution < -0.4 is 5.32 Å². The summed E-state index contributed by atoms with van der Waals surface area (Å²) in [4.78, 5) is 14.4. The van der Waals surface area contributed by atoms with E-state index in [-0.39, 0.29) is 12.5 Å². The largest absolute Gasteiger partial charge is 0.349 e. The minimum atomic E-state index is -1.34. The molecule has 6 heteroatoms. The molecule has 0 aromatic heterocycles. The van der Waals surface area contributed by atoms with Crippen LogP contribution in [-0.4, -0.2) is 42.7 Å². The summed E-state index contributed by atoms with van der Waals surface area (Å²) in [6, 6.07) is 4.61. The first-order chi connectivity index (χ1) is 10.8. The standard InChI is InChI=1S/C17H23Cl2FN2O/c1-12(2)10-22-5-3-17(20,4-6-22)11-21-16(23)13-7-14(18)9-15(19)8-13/h7-9,12H,3-6,10-11H2,1-2H3,(H,21,23). The molecule has 0 spiro atoms. The Kier molecular flexibility index (Phi) is 6.29. The number of alkyl halides is 1. The van der Waals surface area contributed by atoms with Crippen LogP contribution in [0.3, 0.4) is 0 Å². The minimum absolute atomic E-state index is 0.0193. The van der Waals surface area contributed by atoms with E-state index in [0.29, 0.717) is 34.4 Å². The predicted molar refractivity (Wildman–Crippen MR) is 93.1 cm³/mol. The van der Waals surface area contributed by atoms with Gasteiger partial charge in [0.2, 0.25) is 0 Å². The van der Waals surface area contributed by atoms with E-state index in [1.165, 1.54) is 12.1 Å². The van der Waals surface area contributed by atoms with Crippen LogP contribution in [0.4, 0.5) is 4.39 Å². The molecule has 0 aliphatic carbocycles. The van der Waals surface area contributed by atoms with Gasteiger partial charge in [-0.05, 0) is 37.0 Å². The third kappa shape index (κ3) is 5.63. The fraction of sp³-hybridized carbons (Fsp3) is 0.588. The molecule has 0 radical (unpaired) electrons. The second-order valence-electron chi connectivity index (χ2n) is 6.69. The van der Waals surface area contributed by atoms with Crippen molar-refractivity contribution in [2.75, 3.05) is 26.2 Å². The average molecular weight is 361 g/mol. The number of likely N-dealkylation sites (tertiary alicyclic amines) is 1. The Morgan fingerprint density at radius 2 is 1.83 bits per heavy atom. The Labute approximate surface area is 147 Å². The average Bonchev–Trinajstić information content (AvgIpc) is 2.46. The van der Waals surface area contributed by atoms with Gasteiger partial charge in [-0.15, -0.1) is 0 Å². The molecule has 0 saturated carbocycles. The third-order valence-electron chi connectivity index (χ3n) is 4.07. The van der Waals surface area contributed by atoms with Crippen molar-refractivity contribution in [2.24, 2.45) is 5.92 Å². The molecule has 1 fully saturated rings. The van der Waals surface area contributed by atoms with E-state index in [0.717, 1.165) is 19.6 Å². The maximum absolute atomic E-state index is 14.8. The van der Waals surface area contributed by atoms with Gasteiger partial charge >= 0.3 is 0 Å². The SMILES string of the molecule is CC(C)CN1CCC(F)(CNC(=O)c2cc(Cl)cc(Cl)c2)CC1. The molecule has 1 saturated heterocycles. The number of hydrogen-bond acceptors (Lipinski definition) is 2. The van der Waals surface area contributed by atoms with Crippen LogP contribution in [0.25, 0.3) is 0 Å². The number of piperidine rings is 1. The summed E-state index contributed by atoms with van der Waals surface area (Å²) in [6.45, 7) is 6.79. The van der Waals surface area contributed by atoms with Crippen molar-refractivity contribution in [3.05, 3.63) is 33.8 Å². The molecule has 3 nitrogen and oxygen atoms in total. The zero-order chi connectivity index (χ0) is 17.0. The summed E-state index contributed by atoms with van der Waals surface area (Å²) in [5.41, 5.74) is -0.991. The fourth-order valence-corrected chi connectivity index (χ4v) is 3.38. The molecular weight excluding hydrogens is 338 g/mol. The number of nitrogens with one attached hydrogen (secondary N) is 1. The van der Waals surface area contributed by atoms with Gasteiger partial charge < -0.3 is 10.2 Å². The maximum atomic E-state index is 14.8. The van der Waals surface area contributed by atoms with E-state index < -0.39 is 5.67 Å². The maximum Gasteiger partial charge on any atom is 0.251 e. The Morgan fingerprint density at radius 3 is 2.35 bits per heavy atom. The molecule has 2 rings (SSSR count). The van der Waals surface area contributed by atoms with Crippen LogP contribution >= 0.6 is 23.2 Å². The first-order valence-electron chi connectivity index (χ1n) is 7.93. The van der Waals surface area contributed by atoms with Crippen molar-refractivity contribution >= 4 is 29.1 Å². The normalized spacial score (nSPS) is 18.2. The molecule has 128 valence electrons. The van der Waals surface area contributed by atoms with Crippen LogP contribution in [0, 0.1) is 5.92 Å². The molecule has 0 atom stereocenters. The Hall–Kier alpha value is -0.840. The lowest BCUT2D eigenvalue weighted by atomic mass is 9.92. The van der Waals surface area contributed by atoms with Gasteiger partial charge in [-0.3, -0.25) is 4.79 Å². The molecule has 0 unspecified atom stereocenters. The van der Waals surface area contributed by atoms with Crippen molar-refractivity contribution in [2.45, 2.75) is 32.4 Å². The smallest absolute Gasteiger partial charge is 0.251 e. The van der Waals surface area contributed by atoms with Gasteiger partial charge in [0.25, 0.3) is 5.91 Å². The van der Waals surface area contributed by atoms with E-state index in [9.17, 15) is 9.18 Å².